The summed E-state index contributed by atoms with van der Waals surface area (Å²) in [5.41, 5.74) is 3.09. The van der Waals surface area contributed by atoms with Crippen molar-refractivity contribution in [3.05, 3.63) is 29.3 Å². The lowest BCUT2D eigenvalue weighted by Gasteiger charge is -2.49. The molecule has 3 aliphatic rings. The van der Waals surface area contributed by atoms with E-state index in [1.165, 1.54) is 30.4 Å². The van der Waals surface area contributed by atoms with Gasteiger partial charge < -0.3 is 9.47 Å². The second-order valence-corrected chi connectivity index (χ2v) is 9.20. The standard InChI is InChI=1S/C24H32O4/c1-4-22(25)27-16-7-9-18-15(12-16)6-8-20-19(18)10-11-24(3)14-17(13-21(20)24)28-23(26)5-2/h7,9,12,17,19-21H,4-6,8,10-11,13-14H2,1-3H3/t17-,19-,20-,21+,24-/m1/s1. The molecule has 4 nitrogen and oxygen atoms in total. The Morgan fingerprint density at radius 2 is 1.93 bits per heavy atom. The molecule has 28 heavy (non-hydrogen) atoms. The highest BCUT2D eigenvalue weighted by atomic mass is 16.5. The van der Waals surface area contributed by atoms with Gasteiger partial charge in [-0.05, 0) is 85.0 Å². The average molecular weight is 385 g/mol. The summed E-state index contributed by atoms with van der Waals surface area (Å²) in [6, 6.07) is 6.23. The van der Waals surface area contributed by atoms with Gasteiger partial charge in [0.1, 0.15) is 11.9 Å². The Bertz CT molecular complexity index is 770. The summed E-state index contributed by atoms with van der Waals surface area (Å²) < 4.78 is 11.2. The Balaban J connectivity index is 1.53. The molecule has 4 heteroatoms. The predicted molar refractivity (Wildman–Crippen MR) is 107 cm³/mol. The maximum absolute atomic E-state index is 11.8. The van der Waals surface area contributed by atoms with E-state index in [9.17, 15) is 9.59 Å². The molecule has 0 N–H and O–H groups in total. The van der Waals surface area contributed by atoms with Crippen LogP contribution in [0.5, 0.6) is 5.75 Å². The van der Waals surface area contributed by atoms with Crippen molar-refractivity contribution in [2.75, 3.05) is 0 Å². The largest absolute Gasteiger partial charge is 0.462 e. The van der Waals surface area contributed by atoms with Crippen molar-refractivity contribution < 1.29 is 19.1 Å². The minimum atomic E-state index is -0.180. The lowest BCUT2D eigenvalue weighted by Crippen LogP contribution is -2.39. The van der Waals surface area contributed by atoms with Gasteiger partial charge >= 0.3 is 11.9 Å². The van der Waals surface area contributed by atoms with Crippen LogP contribution >= 0.6 is 0 Å². The van der Waals surface area contributed by atoms with E-state index in [1.54, 1.807) is 0 Å². The first-order chi connectivity index (χ1) is 13.4. The summed E-state index contributed by atoms with van der Waals surface area (Å²) in [7, 11) is 0. The van der Waals surface area contributed by atoms with E-state index in [2.05, 4.69) is 19.1 Å². The fourth-order valence-corrected chi connectivity index (χ4v) is 6.18. The van der Waals surface area contributed by atoms with Gasteiger partial charge in [0.15, 0.2) is 0 Å². The Labute approximate surface area is 168 Å². The lowest BCUT2D eigenvalue weighted by molar-refractivity contribution is -0.148. The van der Waals surface area contributed by atoms with Gasteiger partial charge in [-0.3, -0.25) is 9.59 Å². The summed E-state index contributed by atoms with van der Waals surface area (Å²) in [6.07, 6.45) is 7.61. The zero-order valence-corrected chi connectivity index (χ0v) is 17.3. The molecule has 0 saturated heterocycles. The summed E-state index contributed by atoms with van der Waals surface area (Å²) in [4.78, 5) is 23.4. The van der Waals surface area contributed by atoms with E-state index in [1.807, 2.05) is 19.9 Å². The van der Waals surface area contributed by atoms with E-state index >= 15 is 0 Å². The molecule has 0 bridgehead atoms. The molecule has 152 valence electrons. The number of aryl methyl sites for hydroxylation is 1. The minimum absolute atomic E-state index is 0.0630. The summed E-state index contributed by atoms with van der Waals surface area (Å²) in [5, 5.41) is 0. The molecule has 4 rings (SSSR count). The number of carbonyl (C=O) groups excluding carboxylic acids is 2. The van der Waals surface area contributed by atoms with Crippen LogP contribution in [0, 0.1) is 17.3 Å². The molecular formula is C24H32O4. The normalized spacial score (nSPS) is 33.4. The monoisotopic (exact) mass is 384 g/mol. The van der Waals surface area contributed by atoms with Crippen molar-refractivity contribution in [3.63, 3.8) is 0 Å². The first-order valence-corrected chi connectivity index (χ1v) is 11.0. The zero-order chi connectivity index (χ0) is 19.9. The molecule has 0 aromatic heterocycles. The van der Waals surface area contributed by atoms with Crippen LogP contribution in [0.15, 0.2) is 18.2 Å². The number of hydrogen-bond acceptors (Lipinski definition) is 4. The van der Waals surface area contributed by atoms with Crippen LogP contribution in [-0.4, -0.2) is 18.0 Å². The number of rotatable bonds is 4. The zero-order valence-electron chi connectivity index (χ0n) is 17.3. The number of fused-ring (bicyclic) bond motifs is 5. The third kappa shape index (κ3) is 3.46. The second-order valence-electron chi connectivity index (χ2n) is 9.20. The van der Waals surface area contributed by atoms with Crippen molar-refractivity contribution in [2.45, 2.75) is 84.2 Å². The van der Waals surface area contributed by atoms with Crippen LogP contribution in [0.3, 0.4) is 0 Å². The number of hydrogen-bond donors (Lipinski definition) is 0. The van der Waals surface area contributed by atoms with Gasteiger partial charge in [-0.15, -0.1) is 0 Å². The Morgan fingerprint density at radius 1 is 1.14 bits per heavy atom. The summed E-state index contributed by atoms with van der Waals surface area (Å²) in [5.74, 6) is 2.32. The third-order valence-electron chi connectivity index (χ3n) is 7.53. The molecule has 0 unspecified atom stereocenters. The molecule has 0 heterocycles. The quantitative estimate of drug-likeness (QED) is 0.530. The van der Waals surface area contributed by atoms with Gasteiger partial charge in [0.05, 0.1) is 0 Å². The number of benzene rings is 1. The van der Waals surface area contributed by atoms with Crippen LogP contribution in [0.25, 0.3) is 0 Å². The van der Waals surface area contributed by atoms with Crippen LogP contribution in [-0.2, 0) is 20.7 Å². The van der Waals surface area contributed by atoms with Crippen molar-refractivity contribution in [1.82, 2.24) is 0 Å². The Morgan fingerprint density at radius 3 is 2.68 bits per heavy atom. The first-order valence-electron chi connectivity index (χ1n) is 11.0. The summed E-state index contributed by atoms with van der Waals surface area (Å²) in [6.45, 7) is 6.10. The smallest absolute Gasteiger partial charge is 0.310 e. The van der Waals surface area contributed by atoms with Crippen LogP contribution < -0.4 is 4.74 Å². The van der Waals surface area contributed by atoms with Crippen LogP contribution in [0.4, 0.5) is 0 Å². The molecule has 0 amide bonds. The first kappa shape index (κ1) is 19.5. The average Bonchev–Trinajstić information content (AvgIpc) is 3.03. The number of carbonyl (C=O) groups is 2. The van der Waals surface area contributed by atoms with Crippen molar-refractivity contribution in [3.8, 4) is 5.75 Å². The maximum atomic E-state index is 11.8. The second kappa shape index (κ2) is 7.53. The van der Waals surface area contributed by atoms with E-state index in [0.29, 0.717) is 41.8 Å². The highest BCUT2D eigenvalue weighted by Crippen LogP contribution is 2.61. The Kier molecular flexibility index (Phi) is 5.24. The van der Waals surface area contributed by atoms with Crippen molar-refractivity contribution in [2.24, 2.45) is 17.3 Å². The third-order valence-corrected chi connectivity index (χ3v) is 7.53. The molecule has 0 spiro atoms. The minimum Gasteiger partial charge on any atom is -0.462 e. The molecule has 5 atom stereocenters. The van der Waals surface area contributed by atoms with E-state index in [0.717, 1.165) is 19.3 Å². The van der Waals surface area contributed by atoms with Crippen LogP contribution in [0.1, 0.15) is 82.8 Å². The number of esters is 2. The fourth-order valence-electron chi connectivity index (χ4n) is 6.18. The molecule has 2 fully saturated rings. The Hall–Kier alpha value is -1.84. The molecule has 0 aliphatic heterocycles. The topological polar surface area (TPSA) is 52.6 Å². The molecule has 3 aliphatic carbocycles. The van der Waals surface area contributed by atoms with Gasteiger partial charge in [0.2, 0.25) is 0 Å². The maximum Gasteiger partial charge on any atom is 0.310 e. The van der Waals surface area contributed by atoms with E-state index in [-0.39, 0.29) is 18.0 Å². The fraction of sp³-hybridized carbons (Fsp3) is 0.667. The molecule has 0 radical (unpaired) electrons. The van der Waals surface area contributed by atoms with Crippen LogP contribution in [0.2, 0.25) is 0 Å². The van der Waals surface area contributed by atoms with E-state index < -0.39 is 0 Å². The molecule has 1 aromatic rings. The lowest BCUT2D eigenvalue weighted by atomic mass is 9.56. The molecule has 2 saturated carbocycles. The SMILES string of the molecule is CCC(=O)Oc1ccc2c(c1)CC[C@@H]1[C@@H]2CC[C@]2(C)C[C@H](OC(=O)CC)C[C@@H]12. The van der Waals surface area contributed by atoms with Gasteiger partial charge in [-0.1, -0.05) is 26.8 Å². The van der Waals surface area contributed by atoms with Gasteiger partial charge in [-0.2, -0.15) is 0 Å². The highest BCUT2D eigenvalue weighted by molar-refractivity contribution is 5.72. The highest BCUT2D eigenvalue weighted by Gasteiger charge is 2.53. The van der Waals surface area contributed by atoms with Crippen molar-refractivity contribution in [1.29, 1.82) is 0 Å². The molecule has 1 aromatic carbocycles. The van der Waals surface area contributed by atoms with Gasteiger partial charge in [-0.25, -0.2) is 0 Å². The molecular weight excluding hydrogens is 352 g/mol. The summed E-state index contributed by atoms with van der Waals surface area (Å²) >= 11 is 0. The predicted octanol–water partition coefficient (Wildman–Crippen LogP) is 5.18. The van der Waals surface area contributed by atoms with Crippen molar-refractivity contribution >= 4 is 11.9 Å². The van der Waals surface area contributed by atoms with Gasteiger partial charge in [0.25, 0.3) is 0 Å². The van der Waals surface area contributed by atoms with Gasteiger partial charge in [0, 0.05) is 12.8 Å². The van der Waals surface area contributed by atoms with E-state index in [4.69, 9.17) is 9.47 Å². The number of ether oxygens (including phenoxy) is 2.